The van der Waals surface area contributed by atoms with Crippen LogP contribution in [0.2, 0.25) is 0 Å². The topological polar surface area (TPSA) is 55.8 Å². The molecule has 5 heteroatoms. The lowest BCUT2D eigenvalue weighted by Gasteiger charge is -2.14. The average Bonchev–Trinajstić information content (AvgIpc) is 2.15. The van der Waals surface area contributed by atoms with Crippen molar-refractivity contribution in [2.24, 2.45) is 0 Å². The lowest BCUT2D eigenvalue weighted by atomic mass is 10.3. The summed E-state index contributed by atoms with van der Waals surface area (Å²) in [4.78, 5) is 26.3. The van der Waals surface area contributed by atoms with Gasteiger partial charge in [-0.3, -0.25) is 4.79 Å². The monoisotopic (exact) mass is 229 g/mol. The first-order valence-electron chi connectivity index (χ1n) is 5.15. The lowest BCUT2D eigenvalue weighted by Crippen LogP contribution is -2.23. The van der Waals surface area contributed by atoms with E-state index in [1.807, 2.05) is 0 Å². The molecule has 0 aliphatic heterocycles. The van der Waals surface area contributed by atoms with E-state index in [0.717, 1.165) is 12.8 Å². The molecule has 0 fully saturated rings. The number of carbonyl (C=O) groups excluding carboxylic acids is 2. The summed E-state index contributed by atoms with van der Waals surface area (Å²) in [5.41, 5.74) is 0.400. The minimum absolute atomic E-state index is 0.337. The number of nitrogens with zero attached hydrogens (tertiary/aromatic N) is 1. The van der Waals surface area contributed by atoms with Gasteiger partial charge in [0.2, 0.25) is 0 Å². The van der Waals surface area contributed by atoms with E-state index in [2.05, 4.69) is 6.58 Å². The summed E-state index contributed by atoms with van der Waals surface area (Å²) in [6.07, 6.45) is 1.51. The molecular weight excluding hydrogens is 210 g/mol. The smallest absolute Gasteiger partial charge is 0.333 e. The first kappa shape index (κ1) is 14.6. The predicted octanol–water partition coefficient (Wildman–Crippen LogP) is 1.30. The molecule has 0 unspecified atom stereocenters. The van der Waals surface area contributed by atoms with Gasteiger partial charge >= 0.3 is 11.9 Å². The van der Waals surface area contributed by atoms with Gasteiger partial charge in [-0.05, 0) is 19.8 Å². The van der Waals surface area contributed by atoms with Crippen molar-refractivity contribution in [2.45, 2.75) is 26.7 Å². The van der Waals surface area contributed by atoms with Gasteiger partial charge < -0.3 is 9.57 Å². The van der Waals surface area contributed by atoms with Crippen LogP contribution in [0.1, 0.15) is 26.7 Å². The van der Waals surface area contributed by atoms with Gasteiger partial charge in [0, 0.05) is 26.1 Å². The van der Waals surface area contributed by atoms with Crippen molar-refractivity contribution in [1.82, 2.24) is 5.06 Å². The Morgan fingerprint density at radius 3 is 2.38 bits per heavy atom. The van der Waals surface area contributed by atoms with Crippen LogP contribution in [-0.4, -0.2) is 37.2 Å². The summed E-state index contributed by atoms with van der Waals surface area (Å²) in [5.74, 6) is -0.704. The maximum Gasteiger partial charge on any atom is 0.333 e. The highest BCUT2D eigenvalue weighted by molar-refractivity contribution is 5.86. The predicted molar refractivity (Wildman–Crippen MR) is 59.4 cm³/mol. The second kappa shape index (κ2) is 7.87. The maximum absolute atomic E-state index is 11.0. The molecule has 0 atom stereocenters. The number of ether oxygens (including phenoxy) is 1. The Hall–Kier alpha value is -1.36. The Balaban J connectivity index is 3.43. The lowest BCUT2D eigenvalue weighted by molar-refractivity contribution is -0.181. The molecule has 0 aliphatic rings. The molecule has 16 heavy (non-hydrogen) atoms. The molecule has 0 N–H and O–H groups in total. The third kappa shape index (κ3) is 7.99. The van der Waals surface area contributed by atoms with Crippen LogP contribution in [0, 0.1) is 0 Å². The third-order valence-electron chi connectivity index (χ3n) is 1.73. The average molecular weight is 229 g/mol. The molecule has 0 saturated carbocycles. The molecule has 0 aliphatic carbocycles. The number of hydroxylamine groups is 2. The molecule has 0 saturated heterocycles. The van der Waals surface area contributed by atoms with E-state index in [1.165, 1.54) is 12.0 Å². The quantitative estimate of drug-likeness (QED) is 0.285. The number of rotatable bonds is 7. The Labute approximate surface area is 96.0 Å². The van der Waals surface area contributed by atoms with E-state index < -0.39 is 0 Å². The summed E-state index contributed by atoms with van der Waals surface area (Å²) in [7, 11) is 1.68. The summed E-state index contributed by atoms with van der Waals surface area (Å²) in [6.45, 7) is 7.41. The molecule has 0 amide bonds. The first-order chi connectivity index (χ1) is 7.43. The molecule has 0 bridgehead atoms. The van der Waals surface area contributed by atoms with Crippen molar-refractivity contribution in [3.8, 4) is 0 Å². The molecular formula is C11H19NO4. The van der Waals surface area contributed by atoms with E-state index in [1.54, 1.807) is 14.0 Å². The Bertz CT molecular complexity index is 263. The zero-order valence-corrected chi connectivity index (χ0v) is 10.1. The molecule has 0 aromatic carbocycles. The molecule has 0 spiro atoms. The first-order valence-corrected chi connectivity index (χ1v) is 5.15. The standard InChI is InChI=1S/C11H19NO4/c1-9(2)11(14)15-8-6-5-7-12(4)16-10(3)13/h1,5-8H2,2-4H3. The summed E-state index contributed by atoms with van der Waals surface area (Å²) < 4.78 is 4.90. The van der Waals surface area contributed by atoms with Crippen molar-refractivity contribution < 1.29 is 19.2 Å². The van der Waals surface area contributed by atoms with Crippen LogP contribution in [-0.2, 0) is 19.2 Å². The Kier molecular flexibility index (Phi) is 7.20. The molecule has 92 valence electrons. The zero-order chi connectivity index (χ0) is 12.6. The van der Waals surface area contributed by atoms with Gasteiger partial charge in [-0.25, -0.2) is 4.79 Å². The molecule has 0 aromatic heterocycles. The highest BCUT2D eigenvalue weighted by Gasteiger charge is 2.04. The number of carbonyl (C=O) groups is 2. The number of unbranched alkanes of at least 4 members (excludes halogenated alkanes) is 1. The van der Waals surface area contributed by atoms with Crippen LogP contribution in [0.4, 0.5) is 0 Å². The van der Waals surface area contributed by atoms with Gasteiger partial charge in [-0.1, -0.05) is 6.58 Å². The molecule has 0 aromatic rings. The van der Waals surface area contributed by atoms with Crippen LogP contribution >= 0.6 is 0 Å². The van der Waals surface area contributed by atoms with Crippen molar-refractivity contribution in [2.75, 3.05) is 20.2 Å². The van der Waals surface area contributed by atoms with Gasteiger partial charge in [-0.2, -0.15) is 0 Å². The van der Waals surface area contributed by atoms with Crippen LogP contribution in [0.25, 0.3) is 0 Å². The fraction of sp³-hybridized carbons (Fsp3) is 0.636. The second-order valence-electron chi connectivity index (χ2n) is 3.56. The van der Waals surface area contributed by atoms with Crippen molar-refractivity contribution in [3.63, 3.8) is 0 Å². The fourth-order valence-corrected chi connectivity index (χ4v) is 0.990. The maximum atomic E-state index is 11.0. The number of hydrogen-bond acceptors (Lipinski definition) is 5. The summed E-state index contributed by atoms with van der Waals surface area (Å²) in [5, 5.41) is 1.46. The fourth-order valence-electron chi connectivity index (χ4n) is 0.990. The zero-order valence-electron chi connectivity index (χ0n) is 10.1. The highest BCUT2D eigenvalue weighted by Crippen LogP contribution is 1.98. The van der Waals surface area contributed by atoms with E-state index in [0.29, 0.717) is 18.7 Å². The largest absolute Gasteiger partial charge is 0.462 e. The second-order valence-corrected chi connectivity index (χ2v) is 3.56. The van der Waals surface area contributed by atoms with E-state index >= 15 is 0 Å². The minimum Gasteiger partial charge on any atom is -0.462 e. The van der Waals surface area contributed by atoms with Gasteiger partial charge in [0.05, 0.1) is 6.61 Å². The van der Waals surface area contributed by atoms with Gasteiger partial charge in [0.25, 0.3) is 0 Å². The van der Waals surface area contributed by atoms with Crippen molar-refractivity contribution >= 4 is 11.9 Å². The van der Waals surface area contributed by atoms with Crippen LogP contribution < -0.4 is 0 Å². The molecule has 0 radical (unpaired) electrons. The summed E-state index contributed by atoms with van der Waals surface area (Å²) >= 11 is 0. The number of esters is 1. The van der Waals surface area contributed by atoms with E-state index in [4.69, 9.17) is 9.57 Å². The SMILES string of the molecule is C=C(C)C(=O)OCCCCN(C)OC(C)=O. The third-order valence-corrected chi connectivity index (χ3v) is 1.73. The normalized spacial score (nSPS) is 10.0. The Morgan fingerprint density at radius 2 is 1.88 bits per heavy atom. The van der Waals surface area contributed by atoms with E-state index in [9.17, 15) is 9.59 Å². The van der Waals surface area contributed by atoms with E-state index in [-0.39, 0.29) is 11.9 Å². The summed E-state index contributed by atoms with van der Waals surface area (Å²) in [6, 6.07) is 0. The molecule has 5 nitrogen and oxygen atoms in total. The van der Waals surface area contributed by atoms with Gasteiger partial charge in [0.15, 0.2) is 0 Å². The Morgan fingerprint density at radius 1 is 1.25 bits per heavy atom. The molecule has 0 heterocycles. The minimum atomic E-state index is -0.367. The van der Waals surface area contributed by atoms with Crippen molar-refractivity contribution in [3.05, 3.63) is 12.2 Å². The molecule has 0 rings (SSSR count). The van der Waals surface area contributed by atoms with Crippen LogP contribution in [0.15, 0.2) is 12.2 Å². The van der Waals surface area contributed by atoms with Crippen molar-refractivity contribution in [1.29, 1.82) is 0 Å². The van der Waals surface area contributed by atoms with Crippen LogP contribution in [0.3, 0.4) is 0 Å². The van der Waals surface area contributed by atoms with Crippen LogP contribution in [0.5, 0.6) is 0 Å². The van der Waals surface area contributed by atoms with Gasteiger partial charge in [-0.15, -0.1) is 5.06 Å². The number of hydrogen-bond donors (Lipinski definition) is 0. The highest BCUT2D eigenvalue weighted by atomic mass is 16.7. The van der Waals surface area contributed by atoms with Gasteiger partial charge in [0.1, 0.15) is 0 Å².